The van der Waals surface area contributed by atoms with Crippen molar-refractivity contribution in [3.05, 3.63) is 99.7 Å². The highest BCUT2D eigenvalue weighted by Gasteiger charge is 2.34. The van der Waals surface area contributed by atoms with E-state index in [1.807, 2.05) is 37.3 Å². The van der Waals surface area contributed by atoms with E-state index >= 15 is 0 Å². The van der Waals surface area contributed by atoms with E-state index in [1.165, 1.54) is 25.8 Å². The van der Waals surface area contributed by atoms with Crippen LogP contribution in [0.15, 0.2) is 83.0 Å². The Labute approximate surface area is 160 Å². The number of halogens is 1. The SMILES string of the molecule is C=C/C=C(I)\C=C1/Cc2ccc(C(=C)/C=C\C=C/C)cc2C1(C)C. The van der Waals surface area contributed by atoms with E-state index < -0.39 is 0 Å². The van der Waals surface area contributed by atoms with Gasteiger partial charge in [-0.2, -0.15) is 0 Å². The van der Waals surface area contributed by atoms with Gasteiger partial charge in [0.2, 0.25) is 0 Å². The summed E-state index contributed by atoms with van der Waals surface area (Å²) in [7, 11) is 0. The average Bonchev–Trinajstić information content (AvgIpc) is 2.78. The first kappa shape index (κ1) is 18.7. The Hall–Kier alpha value is -1.61. The molecule has 0 saturated carbocycles. The summed E-state index contributed by atoms with van der Waals surface area (Å²) in [5.74, 6) is 0. The lowest BCUT2D eigenvalue weighted by atomic mass is 9.81. The minimum Gasteiger partial charge on any atom is -0.0990 e. The molecular weight excluding hydrogens is 403 g/mol. The summed E-state index contributed by atoms with van der Waals surface area (Å²) >= 11 is 2.37. The summed E-state index contributed by atoms with van der Waals surface area (Å²) in [5.41, 5.74) is 6.57. The molecule has 0 bridgehead atoms. The molecule has 1 aromatic carbocycles. The van der Waals surface area contributed by atoms with Crippen molar-refractivity contribution in [1.82, 2.24) is 0 Å². The molecule has 0 saturated heterocycles. The van der Waals surface area contributed by atoms with E-state index in [-0.39, 0.29) is 5.41 Å². The lowest BCUT2D eigenvalue weighted by molar-refractivity contribution is 0.644. The molecule has 0 amide bonds. The minimum absolute atomic E-state index is 0.0457. The second-order valence-corrected chi connectivity index (χ2v) is 7.79. The van der Waals surface area contributed by atoms with Crippen LogP contribution in [0.5, 0.6) is 0 Å². The first-order valence-corrected chi connectivity index (χ1v) is 9.29. The Balaban J connectivity index is 2.38. The highest BCUT2D eigenvalue weighted by atomic mass is 127. The third kappa shape index (κ3) is 4.07. The van der Waals surface area contributed by atoms with Crippen LogP contribution in [-0.2, 0) is 11.8 Å². The van der Waals surface area contributed by atoms with Crippen molar-refractivity contribution in [3.63, 3.8) is 0 Å². The fraction of sp³-hybridized carbons (Fsp3) is 0.217. The van der Waals surface area contributed by atoms with Crippen molar-refractivity contribution in [2.75, 3.05) is 0 Å². The van der Waals surface area contributed by atoms with Crippen LogP contribution in [0.25, 0.3) is 5.57 Å². The number of rotatable bonds is 5. The van der Waals surface area contributed by atoms with Gasteiger partial charge >= 0.3 is 0 Å². The van der Waals surface area contributed by atoms with Crippen LogP contribution in [-0.4, -0.2) is 0 Å². The number of fused-ring (bicyclic) bond motifs is 1. The number of hydrogen-bond acceptors (Lipinski definition) is 0. The predicted octanol–water partition coefficient (Wildman–Crippen LogP) is 7.10. The van der Waals surface area contributed by atoms with E-state index in [0.717, 1.165) is 12.0 Å². The van der Waals surface area contributed by atoms with Gasteiger partial charge in [0.15, 0.2) is 0 Å². The van der Waals surface area contributed by atoms with Gasteiger partial charge in [-0.05, 0) is 70.4 Å². The molecule has 0 N–H and O–H groups in total. The average molecular weight is 428 g/mol. The van der Waals surface area contributed by atoms with Crippen LogP contribution >= 0.6 is 22.6 Å². The van der Waals surface area contributed by atoms with Crippen LogP contribution in [0.2, 0.25) is 0 Å². The Morgan fingerprint density at radius 2 is 2.00 bits per heavy atom. The fourth-order valence-corrected chi connectivity index (χ4v) is 3.68. The van der Waals surface area contributed by atoms with Crippen molar-refractivity contribution in [1.29, 1.82) is 0 Å². The van der Waals surface area contributed by atoms with E-state index in [4.69, 9.17) is 0 Å². The molecule has 0 radical (unpaired) electrons. The van der Waals surface area contributed by atoms with Crippen LogP contribution in [0, 0.1) is 0 Å². The van der Waals surface area contributed by atoms with E-state index in [9.17, 15) is 0 Å². The van der Waals surface area contributed by atoms with Gasteiger partial charge in [0, 0.05) is 8.99 Å². The molecule has 1 aliphatic carbocycles. The number of hydrogen-bond donors (Lipinski definition) is 0. The van der Waals surface area contributed by atoms with Crippen LogP contribution in [0.4, 0.5) is 0 Å². The lowest BCUT2D eigenvalue weighted by Gasteiger charge is -2.22. The maximum absolute atomic E-state index is 4.21. The van der Waals surface area contributed by atoms with Crippen LogP contribution in [0.1, 0.15) is 37.5 Å². The zero-order chi connectivity index (χ0) is 17.7. The summed E-state index contributed by atoms with van der Waals surface area (Å²) in [6.07, 6.45) is 15.3. The summed E-state index contributed by atoms with van der Waals surface area (Å²) in [4.78, 5) is 0. The Kier molecular flexibility index (Phi) is 6.22. The molecule has 0 unspecified atom stereocenters. The largest absolute Gasteiger partial charge is 0.0990 e. The fourth-order valence-electron chi connectivity index (χ4n) is 3.05. The van der Waals surface area contributed by atoms with Crippen LogP contribution in [0.3, 0.4) is 0 Å². The van der Waals surface area contributed by atoms with E-state index in [1.54, 1.807) is 0 Å². The van der Waals surface area contributed by atoms with Crippen molar-refractivity contribution in [2.45, 2.75) is 32.6 Å². The quantitative estimate of drug-likeness (QED) is 0.347. The maximum Gasteiger partial charge on any atom is 0.0130 e. The summed E-state index contributed by atoms with van der Waals surface area (Å²) in [5, 5.41) is 0. The van der Waals surface area contributed by atoms with Gasteiger partial charge in [-0.25, -0.2) is 0 Å². The molecule has 24 heavy (non-hydrogen) atoms. The van der Waals surface area contributed by atoms with Gasteiger partial charge in [0.05, 0.1) is 0 Å². The molecule has 0 aliphatic heterocycles. The van der Waals surface area contributed by atoms with Crippen LogP contribution < -0.4 is 0 Å². The maximum atomic E-state index is 4.21. The third-order valence-corrected chi connectivity index (χ3v) is 5.20. The molecule has 0 spiro atoms. The second-order valence-electron chi connectivity index (χ2n) is 6.54. The Morgan fingerprint density at radius 3 is 2.67 bits per heavy atom. The monoisotopic (exact) mass is 428 g/mol. The first-order chi connectivity index (χ1) is 11.4. The highest BCUT2D eigenvalue weighted by molar-refractivity contribution is 14.1. The van der Waals surface area contributed by atoms with E-state index in [2.05, 4.69) is 79.9 Å². The molecule has 0 fully saturated rings. The number of benzene rings is 1. The van der Waals surface area contributed by atoms with Gasteiger partial charge < -0.3 is 0 Å². The molecule has 0 nitrogen and oxygen atoms in total. The molecule has 1 heteroatoms. The Bertz CT molecular complexity index is 767. The smallest absolute Gasteiger partial charge is 0.0130 e. The van der Waals surface area contributed by atoms with Crippen molar-refractivity contribution < 1.29 is 0 Å². The third-order valence-electron chi connectivity index (χ3n) is 4.53. The lowest BCUT2D eigenvalue weighted by Crippen LogP contribution is -2.15. The molecule has 0 aromatic heterocycles. The standard InChI is InChI=1S/C23H25I/c1-6-8-9-11-17(3)18-12-13-19-14-20(16-21(24)10-7-2)23(4,5)22(19)15-18/h6-13,15-16H,2-3,14H2,1,4-5H3/b8-6-,11-9-,20-16+,21-10+. The molecule has 124 valence electrons. The molecule has 0 atom stereocenters. The summed E-state index contributed by atoms with van der Waals surface area (Å²) in [6, 6.07) is 6.75. The predicted molar refractivity (Wildman–Crippen MR) is 117 cm³/mol. The Morgan fingerprint density at radius 1 is 1.25 bits per heavy atom. The molecule has 2 rings (SSSR count). The normalized spacial score (nSPS) is 18.5. The van der Waals surface area contributed by atoms with E-state index in [0.29, 0.717) is 0 Å². The molecule has 1 aliphatic rings. The van der Waals surface area contributed by atoms with Gasteiger partial charge in [-0.1, -0.05) is 81.2 Å². The first-order valence-electron chi connectivity index (χ1n) is 8.21. The zero-order valence-corrected chi connectivity index (χ0v) is 16.9. The van der Waals surface area contributed by atoms with Gasteiger partial charge in [-0.3, -0.25) is 0 Å². The second kappa shape index (κ2) is 7.98. The molecule has 0 heterocycles. The summed E-state index contributed by atoms with van der Waals surface area (Å²) in [6.45, 7) is 14.6. The highest BCUT2D eigenvalue weighted by Crippen LogP contribution is 2.44. The molecule has 1 aromatic rings. The van der Waals surface area contributed by atoms with Crippen molar-refractivity contribution in [3.8, 4) is 0 Å². The van der Waals surface area contributed by atoms with Crippen molar-refractivity contribution in [2.24, 2.45) is 0 Å². The minimum atomic E-state index is 0.0457. The topological polar surface area (TPSA) is 0 Å². The van der Waals surface area contributed by atoms with Gasteiger partial charge in [-0.15, -0.1) is 0 Å². The van der Waals surface area contributed by atoms with Gasteiger partial charge in [0.1, 0.15) is 0 Å². The van der Waals surface area contributed by atoms with Crippen molar-refractivity contribution >= 4 is 28.2 Å². The summed E-state index contributed by atoms with van der Waals surface area (Å²) < 4.78 is 1.22. The number of allylic oxidation sites excluding steroid dienone is 10. The zero-order valence-electron chi connectivity index (χ0n) is 14.8. The van der Waals surface area contributed by atoms with Gasteiger partial charge in [0.25, 0.3) is 0 Å². The molecular formula is C23H25I.